The largest absolute Gasteiger partial charge is 0.380 e. The molecular formula is C21H27ClF2N2O. The van der Waals surface area contributed by atoms with Crippen LogP contribution >= 0.6 is 12.4 Å². The zero-order valence-electron chi connectivity index (χ0n) is 15.7. The van der Waals surface area contributed by atoms with E-state index in [1.807, 2.05) is 31.2 Å². The number of nitrogens with one attached hydrogen (secondary N) is 1. The van der Waals surface area contributed by atoms with Gasteiger partial charge in [0.15, 0.2) is 0 Å². The summed E-state index contributed by atoms with van der Waals surface area (Å²) in [5.74, 6) is -0.516. The minimum atomic E-state index is -0.258. The maximum Gasteiger partial charge on any atom is 0.123 e. The molecule has 3 rings (SSSR count). The van der Waals surface area contributed by atoms with E-state index in [1.165, 1.54) is 24.3 Å². The highest BCUT2D eigenvalue weighted by molar-refractivity contribution is 5.85. The second kappa shape index (κ2) is 10.1. The Hall–Kier alpha value is -1.53. The van der Waals surface area contributed by atoms with Crippen LogP contribution in [-0.2, 0) is 4.74 Å². The van der Waals surface area contributed by atoms with Gasteiger partial charge in [0.25, 0.3) is 0 Å². The summed E-state index contributed by atoms with van der Waals surface area (Å²) in [6.07, 6.45) is 0. The number of benzene rings is 2. The molecule has 0 aliphatic carbocycles. The van der Waals surface area contributed by atoms with Crippen LogP contribution in [0.1, 0.15) is 31.0 Å². The van der Waals surface area contributed by atoms with Crippen molar-refractivity contribution in [3.05, 3.63) is 71.3 Å². The van der Waals surface area contributed by atoms with Crippen molar-refractivity contribution in [3.63, 3.8) is 0 Å². The Balaban J connectivity index is 0.00000261. The summed E-state index contributed by atoms with van der Waals surface area (Å²) in [5.41, 5.74) is 1.99. The molecule has 0 aromatic heterocycles. The molecule has 1 aliphatic heterocycles. The molecule has 148 valence electrons. The number of hydrogen-bond donors (Lipinski definition) is 1. The first-order chi connectivity index (χ1) is 12.6. The van der Waals surface area contributed by atoms with E-state index in [9.17, 15) is 8.78 Å². The lowest BCUT2D eigenvalue weighted by molar-refractivity contribution is 0.0268. The second-order valence-electron chi connectivity index (χ2n) is 6.83. The van der Waals surface area contributed by atoms with Gasteiger partial charge in [0.2, 0.25) is 0 Å². The van der Waals surface area contributed by atoms with Crippen LogP contribution in [0.3, 0.4) is 0 Å². The van der Waals surface area contributed by atoms with Crippen molar-refractivity contribution in [2.24, 2.45) is 0 Å². The molecule has 6 heteroatoms. The van der Waals surface area contributed by atoms with E-state index in [0.717, 1.165) is 24.2 Å². The van der Waals surface area contributed by atoms with Crippen molar-refractivity contribution in [2.75, 3.05) is 26.3 Å². The van der Waals surface area contributed by atoms with Gasteiger partial charge in [0, 0.05) is 31.8 Å². The Morgan fingerprint density at radius 3 is 2.04 bits per heavy atom. The number of ether oxygens (including phenoxy) is 1. The molecule has 27 heavy (non-hydrogen) atoms. The lowest BCUT2D eigenvalue weighted by Crippen LogP contribution is -2.58. The molecule has 1 aliphatic rings. The van der Waals surface area contributed by atoms with Crippen LogP contribution in [0.25, 0.3) is 0 Å². The second-order valence-corrected chi connectivity index (χ2v) is 6.83. The summed E-state index contributed by atoms with van der Waals surface area (Å²) in [6.45, 7) is 7.07. The van der Waals surface area contributed by atoms with Gasteiger partial charge >= 0.3 is 0 Å². The molecule has 0 bridgehead atoms. The number of piperazine rings is 1. The number of rotatable bonds is 6. The lowest BCUT2D eigenvalue weighted by Gasteiger charge is -2.44. The number of nitrogens with zero attached hydrogens (tertiary/aromatic N) is 1. The third-order valence-electron chi connectivity index (χ3n) is 4.87. The fourth-order valence-electron chi connectivity index (χ4n) is 3.57. The first-order valence-corrected chi connectivity index (χ1v) is 9.16. The minimum Gasteiger partial charge on any atom is -0.380 e. The summed E-state index contributed by atoms with van der Waals surface area (Å²) in [7, 11) is 0. The minimum absolute atomic E-state index is 0. The predicted octanol–water partition coefficient (Wildman–Crippen LogP) is 4.17. The maximum atomic E-state index is 13.5. The van der Waals surface area contributed by atoms with Gasteiger partial charge in [-0.2, -0.15) is 0 Å². The third-order valence-corrected chi connectivity index (χ3v) is 4.87. The van der Waals surface area contributed by atoms with Crippen molar-refractivity contribution >= 4 is 12.4 Å². The van der Waals surface area contributed by atoms with Crippen LogP contribution in [0.15, 0.2) is 48.5 Å². The third kappa shape index (κ3) is 5.48. The van der Waals surface area contributed by atoms with Gasteiger partial charge in [-0.1, -0.05) is 24.3 Å². The standard InChI is InChI=1S/C21H26F2N2O.ClH/c1-3-26-14-20-12-24-15(2)13-25(20)21(16-4-8-18(22)9-5-16)17-6-10-19(23)11-7-17;/h4-11,15,20-21,24H,3,12-14H2,1-2H3;1H/t15-,20-;/m0./s1. The molecule has 1 saturated heterocycles. The number of hydrogen-bond acceptors (Lipinski definition) is 3. The summed E-state index contributed by atoms with van der Waals surface area (Å²) >= 11 is 0. The molecule has 2 aromatic carbocycles. The fraction of sp³-hybridized carbons (Fsp3) is 0.429. The topological polar surface area (TPSA) is 24.5 Å². The molecular weight excluding hydrogens is 370 g/mol. The average Bonchev–Trinajstić information content (AvgIpc) is 2.64. The van der Waals surface area contributed by atoms with E-state index in [0.29, 0.717) is 19.3 Å². The molecule has 1 fully saturated rings. The molecule has 1 N–H and O–H groups in total. The van der Waals surface area contributed by atoms with Crippen LogP contribution in [0.2, 0.25) is 0 Å². The van der Waals surface area contributed by atoms with Gasteiger partial charge < -0.3 is 10.1 Å². The molecule has 0 radical (unpaired) electrons. The van der Waals surface area contributed by atoms with Crippen LogP contribution in [0, 0.1) is 11.6 Å². The Bertz CT molecular complexity index is 649. The highest BCUT2D eigenvalue weighted by atomic mass is 35.5. The molecule has 0 amide bonds. The summed E-state index contributed by atoms with van der Waals surface area (Å²) < 4.78 is 32.6. The summed E-state index contributed by atoms with van der Waals surface area (Å²) in [5, 5.41) is 3.51. The van der Waals surface area contributed by atoms with Crippen molar-refractivity contribution in [3.8, 4) is 0 Å². The maximum absolute atomic E-state index is 13.5. The van der Waals surface area contributed by atoms with E-state index >= 15 is 0 Å². The highest BCUT2D eigenvalue weighted by Crippen LogP contribution is 2.32. The van der Waals surface area contributed by atoms with Crippen molar-refractivity contribution in [2.45, 2.75) is 32.0 Å². The Morgan fingerprint density at radius 1 is 1.04 bits per heavy atom. The average molecular weight is 397 g/mol. The van der Waals surface area contributed by atoms with E-state index < -0.39 is 0 Å². The smallest absolute Gasteiger partial charge is 0.123 e. The van der Waals surface area contributed by atoms with Crippen LogP contribution in [0.4, 0.5) is 8.78 Å². The Kier molecular flexibility index (Phi) is 8.17. The predicted molar refractivity (Wildman–Crippen MR) is 106 cm³/mol. The van der Waals surface area contributed by atoms with Gasteiger partial charge in [0.1, 0.15) is 11.6 Å². The Labute approximate surface area is 166 Å². The van der Waals surface area contributed by atoms with Crippen LogP contribution < -0.4 is 5.32 Å². The van der Waals surface area contributed by atoms with Crippen LogP contribution in [0.5, 0.6) is 0 Å². The van der Waals surface area contributed by atoms with Crippen LogP contribution in [-0.4, -0.2) is 43.3 Å². The first kappa shape index (κ1) is 21.8. The molecule has 0 saturated carbocycles. The zero-order chi connectivity index (χ0) is 18.5. The van der Waals surface area contributed by atoms with E-state index in [4.69, 9.17) is 4.74 Å². The lowest BCUT2D eigenvalue weighted by atomic mass is 9.94. The molecule has 0 unspecified atom stereocenters. The van der Waals surface area contributed by atoms with Crippen molar-refractivity contribution < 1.29 is 13.5 Å². The van der Waals surface area contributed by atoms with Gasteiger partial charge in [-0.25, -0.2) is 8.78 Å². The molecule has 2 aromatic rings. The van der Waals surface area contributed by atoms with E-state index in [-0.39, 0.29) is 36.1 Å². The SMILES string of the molecule is CCOC[C@@H]1CN[C@@H](C)CN1C(c1ccc(F)cc1)c1ccc(F)cc1.Cl. The fourth-order valence-corrected chi connectivity index (χ4v) is 3.57. The Morgan fingerprint density at radius 2 is 1.56 bits per heavy atom. The van der Waals surface area contributed by atoms with Crippen molar-refractivity contribution in [1.82, 2.24) is 10.2 Å². The quantitative estimate of drug-likeness (QED) is 0.792. The zero-order valence-corrected chi connectivity index (χ0v) is 16.5. The van der Waals surface area contributed by atoms with Crippen molar-refractivity contribution in [1.29, 1.82) is 0 Å². The van der Waals surface area contributed by atoms with Gasteiger partial charge in [-0.15, -0.1) is 12.4 Å². The molecule has 2 atom stereocenters. The normalized spacial score (nSPS) is 20.5. The molecule has 3 nitrogen and oxygen atoms in total. The first-order valence-electron chi connectivity index (χ1n) is 9.16. The van der Waals surface area contributed by atoms with Gasteiger partial charge in [0.05, 0.1) is 12.6 Å². The molecule has 1 heterocycles. The van der Waals surface area contributed by atoms with Gasteiger partial charge in [-0.3, -0.25) is 4.90 Å². The van der Waals surface area contributed by atoms with Gasteiger partial charge in [-0.05, 0) is 49.2 Å². The van der Waals surface area contributed by atoms with E-state index in [2.05, 4.69) is 17.1 Å². The summed E-state index contributed by atoms with van der Waals surface area (Å²) in [6, 6.07) is 13.6. The highest BCUT2D eigenvalue weighted by Gasteiger charge is 2.33. The van der Waals surface area contributed by atoms with E-state index in [1.54, 1.807) is 0 Å². The molecule has 0 spiro atoms. The number of halogens is 3. The monoisotopic (exact) mass is 396 g/mol. The summed E-state index contributed by atoms with van der Waals surface area (Å²) in [4.78, 5) is 2.39.